The van der Waals surface area contributed by atoms with E-state index in [1.165, 1.54) is 0 Å². The molecule has 0 saturated carbocycles. The summed E-state index contributed by atoms with van der Waals surface area (Å²) in [5, 5.41) is 2.93. The smallest absolute Gasteiger partial charge is 0.250 e. The third-order valence-electron chi connectivity index (χ3n) is 4.72. The van der Waals surface area contributed by atoms with E-state index in [0.717, 1.165) is 11.1 Å². The molecule has 7 nitrogen and oxygen atoms in total. The van der Waals surface area contributed by atoms with Gasteiger partial charge in [-0.05, 0) is 43.2 Å². The normalized spacial score (nSPS) is 23.3. The number of amidine groups is 1. The fourth-order valence-corrected chi connectivity index (χ4v) is 3.25. The van der Waals surface area contributed by atoms with Crippen molar-refractivity contribution >= 4 is 17.6 Å². The predicted molar refractivity (Wildman–Crippen MR) is 94.6 cm³/mol. The van der Waals surface area contributed by atoms with Gasteiger partial charge in [-0.15, -0.1) is 0 Å². The van der Waals surface area contributed by atoms with Gasteiger partial charge < -0.3 is 19.7 Å². The number of fused-ring (bicyclic) bond motifs is 2. The maximum atomic E-state index is 13.0. The Morgan fingerprint density at radius 3 is 2.96 bits per heavy atom. The first-order valence-corrected chi connectivity index (χ1v) is 8.40. The molecular weight excluding hydrogens is 334 g/mol. The monoisotopic (exact) mass is 353 g/mol. The summed E-state index contributed by atoms with van der Waals surface area (Å²) in [6.07, 6.45) is 5.52. The molecule has 0 aliphatic carbocycles. The molecule has 26 heavy (non-hydrogen) atoms. The Morgan fingerprint density at radius 1 is 1.31 bits per heavy atom. The van der Waals surface area contributed by atoms with Crippen LogP contribution in [0.2, 0.25) is 0 Å². The van der Waals surface area contributed by atoms with Gasteiger partial charge in [0, 0.05) is 12.7 Å². The Labute approximate surface area is 151 Å². The molecule has 3 aliphatic heterocycles. The molecule has 0 saturated heterocycles. The molecular formula is C19H19N3O4. The van der Waals surface area contributed by atoms with Crippen LogP contribution in [0, 0.1) is 0 Å². The zero-order chi connectivity index (χ0) is 18.3. The van der Waals surface area contributed by atoms with Crippen LogP contribution in [0.3, 0.4) is 0 Å². The molecule has 1 aromatic rings. The van der Waals surface area contributed by atoms with E-state index in [1.807, 2.05) is 37.4 Å². The molecule has 1 N–H and O–H groups in total. The Morgan fingerprint density at radius 2 is 2.12 bits per heavy atom. The van der Waals surface area contributed by atoms with E-state index >= 15 is 0 Å². The third kappa shape index (κ3) is 2.75. The second-order valence-electron chi connectivity index (χ2n) is 6.76. The number of allylic oxidation sites excluding steroid dienone is 2. The van der Waals surface area contributed by atoms with Crippen LogP contribution in [0.15, 0.2) is 47.1 Å². The van der Waals surface area contributed by atoms with Crippen molar-refractivity contribution in [3.63, 3.8) is 0 Å². The first-order valence-electron chi connectivity index (χ1n) is 8.40. The number of nitrogens with zero attached hydrogens (tertiary/aromatic N) is 2. The van der Waals surface area contributed by atoms with Gasteiger partial charge in [-0.2, -0.15) is 4.99 Å². The quantitative estimate of drug-likeness (QED) is 0.898. The van der Waals surface area contributed by atoms with Crippen molar-refractivity contribution in [3.8, 4) is 11.5 Å². The Balaban J connectivity index is 1.52. The Hall–Kier alpha value is -3.09. The molecule has 1 atom stereocenters. The molecule has 3 aliphatic rings. The second-order valence-corrected chi connectivity index (χ2v) is 6.76. The number of aliphatic imine (C=N–C) groups is 1. The topological polar surface area (TPSA) is 80.2 Å². The number of nitrogens with one attached hydrogen (secondary N) is 1. The van der Waals surface area contributed by atoms with Crippen molar-refractivity contribution in [1.82, 2.24) is 10.2 Å². The Kier molecular flexibility index (Phi) is 3.79. The molecule has 7 heteroatoms. The lowest BCUT2D eigenvalue weighted by Crippen LogP contribution is -2.59. The van der Waals surface area contributed by atoms with Gasteiger partial charge in [-0.25, -0.2) is 0 Å². The fourth-order valence-electron chi connectivity index (χ4n) is 3.25. The van der Waals surface area contributed by atoms with Crippen LogP contribution in [0.25, 0.3) is 0 Å². The van der Waals surface area contributed by atoms with E-state index < -0.39 is 5.54 Å². The third-order valence-corrected chi connectivity index (χ3v) is 4.72. The summed E-state index contributed by atoms with van der Waals surface area (Å²) in [4.78, 5) is 30.8. The molecule has 0 radical (unpaired) electrons. The number of ether oxygens (including phenoxy) is 2. The van der Waals surface area contributed by atoms with Crippen molar-refractivity contribution in [2.75, 3.05) is 6.79 Å². The highest BCUT2D eigenvalue weighted by Gasteiger charge is 2.45. The molecule has 0 bridgehead atoms. The van der Waals surface area contributed by atoms with Crippen molar-refractivity contribution < 1.29 is 19.1 Å². The maximum absolute atomic E-state index is 13.0. The number of benzene rings is 1. The van der Waals surface area contributed by atoms with Crippen LogP contribution in [0.4, 0.5) is 0 Å². The summed E-state index contributed by atoms with van der Waals surface area (Å²) < 4.78 is 10.7. The maximum Gasteiger partial charge on any atom is 0.250 e. The molecule has 0 fully saturated rings. The molecule has 1 aromatic carbocycles. The molecule has 0 aromatic heterocycles. The van der Waals surface area contributed by atoms with Crippen LogP contribution in [-0.2, 0) is 16.1 Å². The van der Waals surface area contributed by atoms with Gasteiger partial charge >= 0.3 is 0 Å². The summed E-state index contributed by atoms with van der Waals surface area (Å²) in [5.74, 6) is 1.34. The van der Waals surface area contributed by atoms with Crippen molar-refractivity contribution in [2.45, 2.75) is 32.4 Å². The summed E-state index contributed by atoms with van der Waals surface area (Å²) in [7, 11) is 0. The Bertz CT molecular complexity index is 887. The zero-order valence-corrected chi connectivity index (χ0v) is 14.6. The van der Waals surface area contributed by atoms with Gasteiger partial charge in [-0.3, -0.25) is 9.59 Å². The average molecular weight is 353 g/mol. The average Bonchev–Trinajstić information content (AvgIpc) is 3.08. The van der Waals surface area contributed by atoms with E-state index in [0.29, 0.717) is 23.9 Å². The lowest BCUT2D eigenvalue weighted by atomic mass is 9.90. The molecule has 3 heterocycles. The lowest BCUT2D eigenvalue weighted by Gasteiger charge is -2.42. The zero-order valence-electron chi connectivity index (χ0n) is 14.6. The minimum atomic E-state index is -1.02. The van der Waals surface area contributed by atoms with E-state index in [9.17, 15) is 9.59 Å². The van der Waals surface area contributed by atoms with Gasteiger partial charge in [0.1, 0.15) is 11.4 Å². The summed E-state index contributed by atoms with van der Waals surface area (Å²) in [6, 6.07) is 5.54. The van der Waals surface area contributed by atoms with Gasteiger partial charge in [0.2, 0.25) is 12.7 Å². The molecule has 0 spiro atoms. The van der Waals surface area contributed by atoms with Crippen LogP contribution in [-0.4, -0.2) is 34.9 Å². The van der Waals surface area contributed by atoms with Gasteiger partial charge in [0.05, 0.1) is 6.42 Å². The molecule has 2 amide bonds. The number of amides is 2. The number of carbonyl (C=O) groups excluding carboxylic acids is 2. The van der Waals surface area contributed by atoms with Crippen LogP contribution in [0.5, 0.6) is 11.5 Å². The second kappa shape index (κ2) is 6.01. The van der Waals surface area contributed by atoms with Crippen LogP contribution >= 0.6 is 0 Å². The van der Waals surface area contributed by atoms with E-state index in [4.69, 9.17) is 9.47 Å². The molecule has 4 rings (SSSR count). The van der Waals surface area contributed by atoms with Gasteiger partial charge in [0.15, 0.2) is 11.5 Å². The number of hydrogen-bond acceptors (Lipinski definition) is 5. The highest BCUT2D eigenvalue weighted by atomic mass is 16.7. The first-order chi connectivity index (χ1) is 12.5. The van der Waals surface area contributed by atoms with Gasteiger partial charge in [0.25, 0.3) is 5.91 Å². The molecule has 134 valence electrons. The highest BCUT2D eigenvalue weighted by molar-refractivity contribution is 6.09. The predicted octanol–water partition coefficient (Wildman–Crippen LogP) is 1.89. The standard InChI is InChI=1S/C19H19N3O4/c1-12-3-6-16-21-17(23)8-19(2,22(16)10-12)18(24)20-9-13-4-5-14-15(7-13)26-11-25-14/h3-7,10H,8-9,11H2,1-2H3,(H,20,24). The van der Waals surface area contributed by atoms with E-state index in [1.54, 1.807) is 17.9 Å². The molecule has 1 unspecified atom stereocenters. The summed E-state index contributed by atoms with van der Waals surface area (Å²) >= 11 is 0. The van der Waals surface area contributed by atoms with Crippen LogP contribution in [0.1, 0.15) is 25.8 Å². The number of hydrogen-bond donors (Lipinski definition) is 1. The largest absolute Gasteiger partial charge is 0.454 e. The number of carbonyl (C=O) groups is 2. The lowest BCUT2D eigenvalue weighted by molar-refractivity contribution is -0.134. The van der Waals surface area contributed by atoms with Crippen LogP contribution < -0.4 is 14.8 Å². The highest BCUT2D eigenvalue weighted by Crippen LogP contribution is 2.33. The fraction of sp³-hybridized carbons (Fsp3) is 0.316. The minimum Gasteiger partial charge on any atom is -0.454 e. The minimum absolute atomic E-state index is 0.0289. The first kappa shape index (κ1) is 16.4. The summed E-state index contributed by atoms with van der Waals surface area (Å²) in [5.41, 5.74) is 0.872. The van der Waals surface area contributed by atoms with Gasteiger partial charge in [-0.1, -0.05) is 12.1 Å². The van der Waals surface area contributed by atoms with Crippen molar-refractivity contribution in [2.24, 2.45) is 4.99 Å². The van der Waals surface area contributed by atoms with Crippen molar-refractivity contribution in [1.29, 1.82) is 0 Å². The SMILES string of the molecule is CC1=CN2C(=NC(=O)CC2(C)C(=O)NCc2ccc3c(c2)OCO3)C=C1. The van der Waals surface area contributed by atoms with Crippen molar-refractivity contribution in [3.05, 3.63) is 47.7 Å². The van der Waals surface area contributed by atoms with E-state index in [2.05, 4.69) is 10.3 Å². The number of rotatable bonds is 3. The summed E-state index contributed by atoms with van der Waals surface area (Å²) in [6.45, 7) is 4.24. The van der Waals surface area contributed by atoms with E-state index in [-0.39, 0.29) is 25.0 Å².